The first-order chi connectivity index (χ1) is 5.02. The van der Waals surface area contributed by atoms with Crippen molar-refractivity contribution in [2.75, 3.05) is 0 Å². The number of rotatable bonds is 2. The third-order valence-corrected chi connectivity index (χ3v) is 2.84. The molecule has 0 aliphatic heterocycles. The zero-order chi connectivity index (χ0) is 8.91. The second-order valence-corrected chi connectivity index (χ2v) is 4.44. The van der Waals surface area contributed by atoms with E-state index in [1.807, 2.05) is 18.7 Å². The molecule has 0 aromatic carbocycles. The first kappa shape index (κ1) is 10.8. The van der Waals surface area contributed by atoms with E-state index >= 15 is 0 Å². The Morgan fingerprint density at radius 2 is 1.73 bits per heavy atom. The van der Waals surface area contributed by atoms with Crippen LogP contribution in [0.25, 0.3) is 0 Å². The summed E-state index contributed by atoms with van der Waals surface area (Å²) in [6.07, 6.45) is 4.25. The highest BCUT2D eigenvalue weighted by Gasteiger charge is 2.14. The van der Waals surface area contributed by atoms with Gasteiger partial charge in [0, 0.05) is 0 Å². The van der Waals surface area contributed by atoms with Crippen molar-refractivity contribution in [1.82, 2.24) is 0 Å². The van der Waals surface area contributed by atoms with Crippen LogP contribution in [0.4, 0.5) is 0 Å². The van der Waals surface area contributed by atoms with Gasteiger partial charge in [0.05, 0.1) is 0 Å². The summed E-state index contributed by atoms with van der Waals surface area (Å²) in [5.74, 6) is 0. The molecule has 0 aliphatic carbocycles. The fraction of sp³-hybridized carbons (Fsp3) is 0.600. The average molecular weight is 170 g/mol. The normalized spacial score (nSPS) is 14.5. The van der Waals surface area contributed by atoms with E-state index in [0.717, 1.165) is 0 Å². The van der Waals surface area contributed by atoms with Crippen LogP contribution in [0.5, 0.6) is 0 Å². The SMILES string of the molecule is C/C=C\S/C(=C\C)C(C)(C)C. The summed E-state index contributed by atoms with van der Waals surface area (Å²) in [6, 6.07) is 0. The van der Waals surface area contributed by atoms with Crippen molar-refractivity contribution in [3.05, 3.63) is 22.5 Å². The monoisotopic (exact) mass is 170 g/mol. The lowest BCUT2D eigenvalue weighted by molar-refractivity contribution is 0.533. The fourth-order valence-corrected chi connectivity index (χ4v) is 1.59. The second-order valence-electron chi connectivity index (χ2n) is 3.49. The summed E-state index contributed by atoms with van der Waals surface area (Å²) in [6.45, 7) is 10.8. The Hall–Kier alpha value is -0.170. The molecule has 11 heavy (non-hydrogen) atoms. The molecule has 0 fully saturated rings. The molecule has 0 radical (unpaired) electrons. The first-order valence-corrected chi connectivity index (χ1v) is 4.85. The Balaban J connectivity index is 4.21. The molecule has 0 unspecified atom stereocenters. The van der Waals surface area contributed by atoms with E-state index < -0.39 is 0 Å². The van der Waals surface area contributed by atoms with E-state index in [2.05, 4.69) is 45.3 Å². The molecular formula is C10H18S. The Kier molecular flexibility index (Phi) is 4.58. The molecule has 0 atom stereocenters. The van der Waals surface area contributed by atoms with Crippen LogP contribution in [-0.2, 0) is 0 Å². The van der Waals surface area contributed by atoms with Crippen LogP contribution in [0.3, 0.4) is 0 Å². The van der Waals surface area contributed by atoms with E-state index in [4.69, 9.17) is 0 Å². The van der Waals surface area contributed by atoms with E-state index in [9.17, 15) is 0 Å². The van der Waals surface area contributed by atoms with Gasteiger partial charge in [0.15, 0.2) is 0 Å². The molecule has 0 nitrogen and oxygen atoms in total. The van der Waals surface area contributed by atoms with Crippen LogP contribution in [0.2, 0.25) is 0 Å². The van der Waals surface area contributed by atoms with Gasteiger partial charge in [0.1, 0.15) is 0 Å². The summed E-state index contributed by atoms with van der Waals surface area (Å²) < 4.78 is 0. The molecule has 0 spiro atoms. The van der Waals surface area contributed by atoms with Crippen molar-refractivity contribution in [2.24, 2.45) is 5.41 Å². The van der Waals surface area contributed by atoms with Crippen LogP contribution in [0, 0.1) is 5.41 Å². The molecule has 0 amide bonds. The van der Waals surface area contributed by atoms with Gasteiger partial charge in [-0.2, -0.15) is 0 Å². The van der Waals surface area contributed by atoms with Gasteiger partial charge in [-0.15, -0.1) is 11.8 Å². The molecule has 0 aromatic heterocycles. The Labute approximate surface area is 74.8 Å². The van der Waals surface area contributed by atoms with Crippen LogP contribution >= 0.6 is 11.8 Å². The van der Waals surface area contributed by atoms with Crippen LogP contribution in [0.1, 0.15) is 34.6 Å². The van der Waals surface area contributed by atoms with E-state index in [1.165, 1.54) is 4.91 Å². The van der Waals surface area contributed by atoms with Gasteiger partial charge in [-0.1, -0.05) is 32.9 Å². The van der Waals surface area contributed by atoms with Crippen molar-refractivity contribution >= 4 is 11.8 Å². The molecule has 0 aliphatic rings. The highest BCUT2D eigenvalue weighted by atomic mass is 32.2. The molecule has 0 heterocycles. The largest absolute Gasteiger partial charge is 0.103 e. The van der Waals surface area contributed by atoms with Gasteiger partial charge in [-0.05, 0) is 29.6 Å². The Morgan fingerprint density at radius 3 is 2.00 bits per heavy atom. The zero-order valence-electron chi connectivity index (χ0n) is 8.14. The lowest BCUT2D eigenvalue weighted by atomic mass is 9.96. The van der Waals surface area contributed by atoms with E-state index in [-0.39, 0.29) is 0 Å². The van der Waals surface area contributed by atoms with E-state index in [0.29, 0.717) is 5.41 Å². The van der Waals surface area contributed by atoms with E-state index in [1.54, 1.807) is 0 Å². The van der Waals surface area contributed by atoms with Gasteiger partial charge < -0.3 is 0 Å². The third kappa shape index (κ3) is 4.31. The van der Waals surface area contributed by atoms with Gasteiger partial charge in [0.2, 0.25) is 0 Å². The molecular weight excluding hydrogens is 152 g/mol. The second kappa shape index (κ2) is 4.66. The van der Waals surface area contributed by atoms with Crippen molar-refractivity contribution in [1.29, 1.82) is 0 Å². The van der Waals surface area contributed by atoms with Crippen molar-refractivity contribution < 1.29 is 0 Å². The number of allylic oxidation sites excluding steroid dienone is 3. The fourth-order valence-electron chi connectivity index (χ4n) is 0.819. The highest BCUT2D eigenvalue weighted by Crippen LogP contribution is 2.34. The number of thioether (sulfide) groups is 1. The molecule has 0 N–H and O–H groups in total. The Morgan fingerprint density at radius 1 is 1.18 bits per heavy atom. The quantitative estimate of drug-likeness (QED) is 0.598. The predicted octanol–water partition coefficient (Wildman–Crippen LogP) is 4.20. The lowest BCUT2D eigenvalue weighted by Gasteiger charge is -2.20. The van der Waals surface area contributed by atoms with Gasteiger partial charge in [-0.3, -0.25) is 0 Å². The van der Waals surface area contributed by atoms with Crippen molar-refractivity contribution in [3.63, 3.8) is 0 Å². The molecule has 64 valence electrons. The summed E-state index contributed by atoms with van der Waals surface area (Å²) >= 11 is 1.81. The number of hydrogen-bond acceptors (Lipinski definition) is 1. The maximum atomic E-state index is 2.23. The van der Waals surface area contributed by atoms with Gasteiger partial charge in [-0.25, -0.2) is 0 Å². The summed E-state index contributed by atoms with van der Waals surface area (Å²) in [7, 11) is 0. The highest BCUT2D eigenvalue weighted by molar-refractivity contribution is 8.05. The van der Waals surface area contributed by atoms with Crippen LogP contribution < -0.4 is 0 Å². The minimum Gasteiger partial charge on any atom is -0.103 e. The molecule has 0 rings (SSSR count). The molecule has 0 saturated heterocycles. The number of hydrogen-bond donors (Lipinski definition) is 0. The van der Waals surface area contributed by atoms with Crippen molar-refractivity contribution in [2.45, 2.75) is 34.6 Å². The summed E-state index contributed by atoms with van der Waals surface area (Å²) in [5.41, 5.74) is 0.291. The zero-order valence-corrected chi connectivity index (χ0v) is 8.96. The molecule has 0 saturated carbocycles. The van der Waals surface area contributed by atoms with Crippen LogP contribution in [-0.4, -0.2) is 0 Å². The standard InChI is InChI=1S/C10H18S/c1-6-8-11-9(7-2)10(3,4)5/h6-8H,1-5H3/b8-6-,9-7-. The minimum atomic E-state index is 0.291. The smallest absolute Gasteiger partial charge is 0.00720 e. The maximum Gasteiger partial charge on any atom is -0.00720 e. The minimum absolute atomic E-state index is 0.291. The van der Waals surface area contributed by atoms with Gasteiger partial charge >= 0.3 is 0 Å². The predicted molar refractivity (Wildman–Crippen MR) is 55.6 cm³/mol. The summed E-state index contributed by atoms with van der Waals surface area (Å²) in [5, 5.41) is 2.13. The first-order valence-electron chi connectivity index (χ1n) is 3.97. The van der Waals surface area contributed by atoms with Gasteiger partial charge in [0.25, 0.3) is 0 Å². The Bertz CT molecular complexity index is 158. The average Bonchev–Trinajstić information content (AvgIpc) is 1.87. The van der Waals surface area contributed by atoms with Crippen molar-refractivity contribution in [3.8, 4) is 0 Å². The maximum absolute atomic E-state index is 2.23. The molecule has 0 aromatic rings. The third-order valence-electron chi connectivity index (χ3n) is 1.33. The van der Waals surface area contributed by atoms with Crippen LogP contribution in [0.15, 0.2) is 22.5 Å². The lowest BCUT2D eigenvalue weighted by Crippen LogP contribution is -2.05. The molecule has 0 bridgehead atoms. The molecule has 1 heteroatoms. The topological polar surface area (TPSA) is 0 Å². The summed E-state index contributed by atoms with van der Waals surface area (Å²) in [4.78, 5) is 1.43.